The molecule has 2 fully saturated rings. The minimum atomic E-state index is -0.848. The molecule has 1 aliphatic heterocycles. The Balaban J connectivity index is 1.98. The maximum absolute atomic E-state index is 11.5. The molecule has 20 heavy (non-hydrogen) atoms. The SMILES string of the molecule is Cc1ccc(C(=O)O)c(N2CCOC3CCCCC32)c1. The number of aromatic carboxylic acids is 1. The lowest BCUT2D eigenvalue weighted by Crippen LogP contribution is -2.53. The monoisotopic (exact) mass is 275 g/mol. The van der Waals surface area contributed by atoms with Crippen LogP contribution in [-0.4, -0.2) is 36.4 Å². The molecule has 1 aromatic carbocycles. The van der Waals surface area contributed by atoms with Crippen LogP contribution in [0.4, 0.5) is 5.69 Å². The summed E-state index contributed by atoms with van der Waals surface area (Å²) in [4.78, 5) is 13.7. The fraction of sp³-hybridized carbons (Fsp3) is 0.562. The van der Waals surface area contributed by atoms with E-state index in [-0.39, 0.29) is 6.10 Å². The first-order valence-corrected chi connectivity index (χ1v) is 7.39. The van der Waals surface area contributed by atoms with Gasteiger partial charge in [-0.2, -0.15) is 0 Å². The highest BCUT2D eigenvalue weighted by atomic mass is 16.5. The maximum Gasteiger partial charge on any atom is 0.337 e. The van der Waals surface area contributed by atoms with Crippen LogP contribution in [0.5, 0.6) is 0 Å². The van der Waals surface area contributed by atoms with Gasteiger partial charge >= 0.3 is 5.97 Å². The van der Waals surface area contributed by atoms with Crippen molar-refractivity contribution >= 4 is 11.7 Å². The van der Waals surface area contributed by atoms with Crippen molar-refractivity contribution in [2.45, 2.75) is 44.8 Å². The van der Waals surface area contributed by atoms with Crippen molar-refractivity contribution in [2.24, 2.45) is 0 Å². The summed E-state index contributed by atoms with van der Waals surface area (Å²) in [6, 6.07) is 5.92. The smallest absolute Gasteiger partial charge is 0.337 e. The Hall–Kier alpha value is -1.55. The van der Waals surface area contributed by atoms with Crippen molar-refractivity contribution in [2.75, 3.05) is 18.1 Å². The number of fused-ring (bicyclic) bond motifs is 1. The lowest BCUT2D eigenvalue weighted by Gasteiger charge is -2.45. The second kappa shape index (κ2) is 5.44. The Morgan fingerprint density at radius 2 is 2.15 bits per heavy atom. The topological polar surface area (TPSA) is 49.8 Å². The van der Waals surface area contributed by atoms with Gasteiger partial charge in [-0.05, 0) is 37.5 Å². The van der Waals surface area contributed by atoms with Crippen LogP contribution in [0.2, 0.25) is 0 Å². The Morgan fingerprint density at radius 3 is 2.95 bits per heavy atom. The van der Waals surface area contributed by atoms with Gasteiger partial charge in [0.2, 0.25) is 0 Å². The van der Waals surface area contributed by atoms with Crippen molar-refractivity contribution in [1.82, 2.24) is 0 Å². The Kier molecular flexibility index (Phi) is 3.66. The molecular formula is C16H21NO3. The Morgan fingerprint density at radius 1 is 1.35 bits per heavy atom. The molecule has 0 bridgehead atoms. The van der Waals surface area contributed by atoms with Crippen molar-refractivity contribution in [1.29, 1.82) is 0 Å². The number of carbonyl (C=O) groups is 1. The van der Waals surface area contributed by atoms with Gasteiger partial charge in [0.05, 0.1) is 30.0 Å². The summed E-state index contributed by atoms with van der Waals surface area (Å²) >= 11 is 0. The van der Waals surface area contributed by atoms with E-state index in [9.17, 15) is 9.90 Å². The number of morpholine rings is 1. The molecule has 2 aliphatic rings. The second-order valence-corrected chi connectivity index (χ2v) is 5.78. The number of anilines is 1. The molecule has 1 N–H and O–H groups in total. The summed E-state index contributed by atoms with van der Waals surface area (Å²) in [6.45, 7) is 3.48. The van der Waals surface area contributed by atoms with E-state index in [4.69, 9.17) is 4.74 Å². The van der Waals surface area contributed by atoms with Crippen LogP contribution in [0.15, 0.2) is 18.2 Å². The highest BCUT2D eigenvalue weighted by Crippen LogP contribution is 2.34. The van der Waals surface area contributed by atoms with Gasteiger partial charge in [-0.3, -0.25) is 0 Å². The number of rotatable bonds is 2. The maximum atomic E-state index is 11.5. The zero-order valence-corrected chi connectivity index (χ0v) is 11.8. The van der Waals surface area contributed by atoms with Crippen molar-refractivity contribution in [3.8, 4) is 0 Å². The number of benzene rings is 1. The van der Waals surface area contributed by atoms with Crippen LogP contribution in [0.25, 0.3) is 0 Å². The van der Waals surface area contributed by atoms with Crippen LogP contribution in [0, 0.1) is 6.92 Å². The van der Waals surface area contributed by atoms with Crippen LogP contribution in [-0.2, 0) is 4.74 Å². The molecule has 1 saturated heterocycles. The molecule has 1 heterocycles. The Labute approximate surface area is 119 Å². The minimum absolute atomic E-state index is 0.264. The zero-order chi connectivity index (χ0) is 14.1. The molecule has 108 valence electrons. The van der Waals surface area contributed by atoms with E-state index in [1.807, 2.05) is 19.1 Å². The molecule has 1 aliphatic carbocycles. The van der Waals surface area contributed by atoms with Gasteiger partial charge in [0.25, 0.3) is 0 Å². The first kappa shape index (κ1) is 13.4. The lowest BCUT2D eigenvalue weighted by molar-refractivity contribution is -0.00878. The van der Waals surface area contributed by atoms with E-state index >= 15 is 0 Å². The van der Waals surface area contributed by atoms with Gasteiger partial charge in [-0.15, -0.1) is 0 Å². The van der Waals surface area contributed by atoms with Gasteiger partial charge in [-0.1, -0.05) is 18.9 Å². The average molecular weight is 275 g/mol. The van der Waals surface area contributed by atoms with E-state index in [0.717, 1.165) is 30.6 Å². The average Bonchev–Trinajstić information content (AvgIpc) is 2.46. The summed E-state index contributed by atoms with van der Waals surface area (Å²) in [6.07, 6.45) is 4.87. The number of aryl methyl sites for hydroxylation is 1. The summed E-state index contributed by atoms with van der Waals surface area (Å²) in [5.41, 5.74) is 2.36. The fourth-order valence-electron chi connectivity index (χ4n) is 3.46. The highest BCUT2D eigenvalue weighted by Gasteiger charge is 2.35. The van der Waals surface area contributed by atoms with Gasteiger partial charge in [-0.25, -0.2) is 4.79 Å². The number of hydrogen-bond acceptors (Lipinski definition) is 3. The molecule has 0 aromatic heterocycles. The van der Waals surface area contributed by atoms with E-state index < -0.39 is 5.97 Å². The van der Waals surface area contributed by atoms with Crippen LogP contribution in [0.1, 0.15) is 41.6 Å². The normalized spacial score (nSPS) is 26.1. The van der Waals surface area contributed by atoms with Crippen LogP contribution < -0.4 is 4.90 Å². The number of hydrogen-bond donors (Lipinski definition) is 1. The molecule has 0 radical (unpaired) electrons. The minimum Gasteiger partial charge on any atom is -0.478 e. The molecule has 4 heteroatoms. The number of ether oxygens (including phenoxy) is 1. The third-order valence-corrected chi connectivity index (χ3v) is 4.43. The van der Waals surface area contributed by atoms with Crippen LogP contribution >= 0.6 is 0 Å². The summed E-state index contributed by atoms with van der Waals surface area (Å²) in [7, 11) is 0. The first-order chi connectivity index (χ1) is 9.66. The molecule has 4 nitrogen and oxygen atoms in total. The number of carboxylic acids is 1. The first-order valence-electron chi connectivity index (χ1n) is 7.39. The van der Waals surface area contributed by atoms with Crippen LogP contribution in [0.3, 0.4) is 0 Å². The van der Waals surface area contributed by atoms with Gasteiger partial charge in [0, 0.05) is 6.54 Å². The number of nitrogens with zero attached hydrogens (tertiary/aromatic N) is 1. The lowest BCUT2D eigenvalue weighted by atomic mass is 9.89. The van der Waals surface area contributed by atoms with E-state index in [2.05, 4.69) is 4.90 Å². The van der Waals surface area contributed by atoms with E-state index in [1.165, 1.54) is 12.8 Å². The van der Waals surface area contributed by atoms with E-state index in [0.29, 0.717) is 18.2 Å². The summed E-state index contributed by atoms with van der Waals surface area (Å²) < 4.78 is 5.88. The predicted molar refractivity (Wildman–Crippen MR) is 77.5 cm³/mol. The van der Waals surface area contributed by atoms with Gasteiger partial charge < -0.3 is 14.7 Å². The quantitative estimate of drug-likeness (QED) is 0.901. The molecule has 0 amide bonds. The molecule has 2 unspecified atom stereocenters. The van der Waals surface area contributed by atoms with Crippen molar-refractivity contribution in [3.63, 3.8) is 0 Å². The Bertz CT molecular complexity index is 512. The van der Waals surface area contributed by atoms with Crippen molar-refractivity contribution < 1.29 is 14.6 Å². The summed E-state index contributed by atoms with van der Waals surface area (Å²) in [5, 5.41) is 9.43. The standard InChI is InChI=1S/C16H21NO3/c1-11-6-7-12(16(18)19)14(10-11)17-8-9-20-15-5-3-2-4-13(15)17/h6-7,10,13,15H,2-5,8-9H2,1H3,(H,18,19). The largest absolute Gasteiger partial charge is 0.478 e. The number of carboxylic acid groups (broad SMARTS) is 1. The molecule has 0 spiro atoms. The molecule has 3 rings (SSSR count). The third kappa shape index (κ3) is 2.40. The van der Waals surface area contributed by atoms with Gasteiger partial charge in [0.1, 0.15) is 0 Å². The van der Waals surface area contributed by atoms with Crippen molar-refractivity contribution in [3.05, 3.63) is 29.3 Å². The molecule has 1 saturated carbocycles. The van der Waals surface area contributed by atoms with E-state index in [1.54, 1.807) is 6.07 Å². The third-order valence-electron chi connectivity index (χ3n) is 4.43. The predicted octanol–water partition coefficient (Wildman–Crippen LogP) is 2.84. The molecule has 2 atom stereocenters. The second-order valence-electron chi connectivity index (χ2n) is 5.78. The van der Waals surface area contributed by atoms with Gasteiger partial charge in [0.15, 0.2) is 0 Å². The summed E-state index contributed by atoms with van der Waals surface area (Å²) in [5.74, 6) is -0.848. The fourth-order valence-corrected chi connectivity index (χ4v) is 3.46. The highest BCUT2D eigenvalue weighted by molar-refractivity contribution is 5.94. The molecular weight excluding hydrogens is 254 g/mol. The molecule has 1 aromatic rings. The zero-order valence-electron chi connectivity index (χ0n) is 11.8.